The van der Waals surface area contributed by atoms with Crippen molar-refractivity contribution in [3.8, 4) is 0 Å². The minimum Gasteiger partial charge on any atom is -0.480 e. The first-order valence-corrected chi connectivity index (χ1v) is 5.16. The number of nitrogens with one attached hydrogen (secondary N) is 1. The van der Waals surface area contributed by atoms with Crippen LogP contribution < -0.4 is 5.32 Å². The Balaban J connectivity index is 4.11. The summed E-state index contributed by atoms with van der Waals surface area (Å²) in [4.78, 5) is 23.5. The Morgan fingerprint density at radius 2 is 1.93 bits per heavy atom. The van der Waals surface area contributed by atoms with E-state index in [0.717, 1.165) is 0 Å². The van der Waals surface area contributed by atoms with Gasteiger partial charge in [-0.25, -0.2) is 0 Å². The standard InChI is InChI=1S/C10H20N2O3/c1-4-11-9(13)6-12(5-8(2)3)7-10(14)15/h8H,4-7H2,1-3H3,(H,11,13)(H,14,15). The molecule has 15 heavy (non-hydrogen) atoms. The summed E-state index contributed by atoms with van der Waals surface area (Å²) in [5.74, 6) is -0.682. The Morgan fingerprint density at radius 3 is 2.33 bits per heavy atom. The zero-order valence-corrected chi connectivity index (χ0v) is 9.62. The summed E-state index contributed by atoms with van der Waals surface area (Å²) in [6.07, 6.45) is 0. The van der Waals surface area contributed by atoms with Gasteiger partial charge in [0, 0.05) is 13.1 Å². The molecule has 0 aliphatic rings. The highest BCUT2D eigenvalue weighted by Crippen LogP contribution is 1.98. The molecule has 0 saturated heterocycles. The number of carbonyl (C=O) groups excluding carboxylic acids is 1. The first-order valence-electron chi connectivity index (χ1n) is 5.16. The van der Waals surface area contributed by atoms with Gasteiger partial charge in [-0.05, 0) is 12.8 Å². The normalized spacial score (nSPS) is 10.7. The van der Waals surface area contributed by atoms with E-state index in [9.17, 15) is 9.59 Å². The number of hydrogen-bond acceptors (Lipinski definition) is 3. The molecule has 0 heterocycles. The summed E-state index contributed by atoms with van der Waals surface area (Å²) in [6, 6.07) is 0. The molecule has 0 rings (SSSR count). The number of carboxylic acid groups (broad SMARTS) is 1. The number of amides is 1. The van der Waals surface area contributed by atoms with Gasteiger partial charge < -0.3 is 10.4 Å². The van der Waals surface area contributed by atoms with E-state index in [4.69, 9.17) is 5.11 Å². The van der Waals surface area contributed by atoms with Gasteiger partial charge in [0.2, 0.25) is 5.91 Å². The number of likely N-dealkylation sites (N-methyl/N-ethyl adjacent to an activating group) is 1. The third kappa shape index (κ3) is 7.93. The lowest BCUT2D eigenvalue weighted by Crippen LogP contribution is -2.41. The Hall–Kier alpha value is -1.10. The van der Waals surface area contributed by atoms with Crippen LogP contribution >= 0.6 is 0 Å². The summed E-state index contributed by atoms with van der Waals surface area (Å²) in [7, 11) is 0. The Bertz CT molecular complexity index is 217. The quantitative estimate of drug-likeness (QED) is 0.636. The van der Waals surface area contributed by atoms with Crippen LogP contribution in [0.25, 0.3) is 0 Å². The van der Waals surface area contributed by atoms with Crippen LogP contribution in [0.3, 0.4) is 0 Å². The molecule has 0 aliphatic heterocycles. The number of carbonyl (C=O) groups is 2. The van der Waals surface area contributed by atoms with Gasteiger partial charge in [-0.1, -0.05) is 13.8 Å². The third-order valence-electron chi connectivity index (χ3n) is 1.72. The molecule has 0 bridgehead atoms. The van der Waals surface area contributed by atoms with Gasteiger partial charge in [0.1, 0.15) is 0 Å². The second kappa shape index (κ2) is 7.23. The summed E-state index contributed by atoms with van der Waals surface area (Å²) in [6.45, 7) is 7.07. The van der Waals surface area contributed by atoms with E-state index in [2.05, 4.69) is 5.32 Å². The highest BCUT2D eigenvalue weighted by molar-refractivity contribution is 5.78. The topological polar surface area (TPSA) is 69.6 Å². The maximum atomic E-state index is 11.3. The van der Waals surface area contributed by atoms with E-state index < -0.39 is 5.97 Å². The molecular formula is C10H20N2O3. The molecular weight excluding hydrogens is 196 g/mol. The lowest BCUT2D eigenvalue weighted by atomic mass is 10.2. The predicted octanol–water partition coefficient (Wildman–Crippen LogP) is 0.165. The minimum absolute atomic E-state index is 0.0880. The highest BCUT2D eigenvalue weighted by Gasteiger charge is 2.14. The highest BCUT2D eigenvalue weighted by atomic mass is 16.4. The number of rotatable bonds is 7. The van der Waals surface area contributed by atoms with Crippen LogP contribution in [-0.2, 0) is 9.59 Å². The van der Waals surface area contributed by atoms with Gasteiger partial charge in [0.15, 0.2) is 0 Å². The van der Waals surface area contributed by atoms with E-state index in [1.165, 1.54) is 0 Å². The molecule has 0 aromatic carbocycles. The molecule has 0 atom stereocenters. The second-order valence-electron chi connectivity index (χ2n) is 3.91. The molecule has 0 aromatic rings. The largest absolute Gasteiger partial charge is 0.480 e. The smallest absolute Gasteiger partial charge is 0.317 e. The number of aliphatic carboxylic acids is 1. The van der Waals surface area contributed by atoms with Gasteiger partial charge in [-0.2, -0.15) is 0 Å². The zero-order chi connectivity index (χ0) is 11.8. The summed E-state index contributed by atoms with van der Waals surface area (Å²) < 4.78 is 0. The molecule has 0 radical (unpaired) electrons. The van der Waals surface area contributed by atoms with Crippen LogP contribution in [0.15, 0.2) is 0 Å². The Labute approximate surface area is 90.5 Å². The van der Waals surface area contributed by atoms with E-state index in [1.807, 2.05) is 20.8 Å². The molecule has 5 nitrogen and oxygen atoms in total. The van der Waals surface area contributed by atoms with Crippen molar-refractivity contribution in [3.05, 3.63) is 0 Å². The van der Waals surface area contributed by atoms with Crippen molar-refractivity contribution in [3.63, 3.8) is 0 Å². The molecule has 0 aliphatic carbocycles. The third-order valence-corrected chi connectivity index (χ3v) is 1.72. The monoisotopic (exact) mass is 216 g/mol. The van der Waals surface area contributed by atoms with E-state index in [-0.39, 0.29) is 19.0 Å². The first-order chi connectivity index (χ1) is 6.95. The summed E-state index contributed by atoms with van der Waals surface area (Å²) in [5.41, 5.74) is 0. The summed E-state index contributed by atoms with van der Waals surface area (Å²) in [5, 5.41) is 11.3. The van der Waals surface area contributed by atoms with Crippen LogP contribution in [0.4, 0.5) is 0 Å². The van der Waals surface area contributed by atoms with Crippen LogP contribution in [0.5, 0.6) is 0 Å². The van der Waals surface area contributed by atoms with Crippen LogP contribution in [0.2, 0.25) is 0 Å². The SMILES string of the molecule is CCNC(=O)CN(CC(=O)O)CC(C)C. The van der Waals surface area contributed by atoms with E-state index in [0.29, 0.717) is 19.0 Å². The van der Waals surface area contributed by atoms with Crippen molar-refractivity contribution in [2.45, 2.75) is 20.8 Å². The molecule has 0 unspecified atom stereocenters. The number of hydrogen-bond donors (Lipinski definition) is 2. The molecule has 0 spiro atoms. The van der Waals surface area contributed by atoms with E-state index in [1.54, 1.807) is 4.90 Å². The number of nitrogens with zero attached hydrogens (tertiary/aromatic N) is 1. The van der Waals surface area contributed by atoms with Crippen LogP contribution in [0.1, 0.15) is 20.8 Å². The number of carboxylic acids is 1. The minimum atomic E-state index is -0.903. The molecule has 5 heteroatoms. The van der Waals surface area contributed by atoms with Gasteiger partial charge in [0.25, 0.3) is 0 Å². The van der Waals surface area contributed by atoms with Crippen LogP contribution in [-0.4, -0.2) is 48.1 Å². The van der Waals surface area contributed by atoms with Crippen molar-refractivity contribution in [2.24, 2.45) is 5.92 Å². The Kier molecular flexibility index (Phi) is 6.70. The average Bonchev–Trinajstić information content (AvgIpc) is 2.00. The van der Waals surface area contributed by atoms with Gasteiger partial charge >= 0.3 is 5.97 Å². The van der Waals surface area contributed by atoms with Crippen molar-refractivity contribution in [1.82, 2.24) is 10.2 Å². The fourth-order valence-electron chi connectivity index (χ4n) is 1.35. The maximum Gasteiger partial charge on any atom is 0.317 e. The fraction of sp³-hybridized carbons (Fsp3) is 0.800. The molecule has 0 saturated carbocycles. The van der Waals surface area contributed by atoms with Crippen molar-refractivity contribution in [1.29, 1.82) is 0 Å². The van der Waals surface area contributed by atoms with Crippen molar-refractivity contribution in [2.75, 3.05) is 26.2 Å². The first kappa shape index (κ1) is 13.9. The average molecular weight is 216 g/mol. The summed E-state index contributed by atoms with van der Waals surface area (Å²) >= 11 is 0. The second-order valence-corrected chi connectivity index (χ2v) is 3.91. The lowest BCUT2D eigenvalue weighted by molar-refractivity contribution is -0.138. The zero-order valence-electron chi connectivity index (χ0n) is 9.62. The lowest BCUT2D eigenvalue weighted by Gasteiger charge is -2.21. The predicted molar refractivity (Wildman–Crippen MR) is 57.6 cm³/mol. The van der Waals surface area contributed by atoms with Crippen molar-refractivity contribution >= 4 is 11.9 Å². The van der Waals surface area contributed by atoms with Crippen LogP contribution in [0, 0.1) is 5.92 Å². The van der Waals surface area contributed by atoms with Gasteiger partial charge in [-0.15, -0.1) is 0 Å². The Morgan fingerprint density at radius 1 is 1.33 bits per heavy atom. The van der Waals surface area contributed by atoms with E-state index >= 15 is 0 Å². The molecule has 0 fully saturated rings. The molecule has 1 amide bonds. The molecule has 0 aromatic heterocycles. The maximum absolute atomic E-state index is 11.3. The fourth-order valence-corrected chi connectivity index (χ4v) is 1.35. The molecule has 2 N–H and O–H groups in total. The molecule has 88 valence electrons. The van der Waals surface area contributed by atoms with Crippen molar-refractivity contribution < 1.29 is 14.7 Å². The van der Waals surface area contributed by atoms with Gasteiger partial charge in [0.05, 0.1) is 13.1 Å². The van der Waals surface area contributed by atoms with Gasteiger partial charge in [-0.3, -0.25) is 14.5 Å².